The molecule has 2 aliphatic rings. The predicted molar refractivity (Wildman–Crippen MR) is 103 cm³/mol. The van der Waals surface area contributed by atoms with Gasteiger partial charge >= 0.3 is 0 Å². The SMILES string of the molecule is c1cnc2c(c1)nc(C1CC1)n2C1CC(Nc2nc3ncccc3s2)C1. The molecule has 0 aromatic carbocycles. The van der Waals surface area contributed by atoms with Gasteiger partial charge in [0.15, 0.2) is 16.4 Å². The summed E-state index contributed by atoms with van der Waals surface area (Å²) in [6.45, 7) is 0. The number of imidazole rings is 1. The molecule has 6 nitrogen and oxygen atoms in total. The van der Waals surface area contributed by atoms with Crippen molar-refractivity contribution >= 4 is 38.0 Å². The molecule has 4 aromatic rings. The molecule has 0 atom stereocenters. The highest BCUT2D eigenvalue weighted by atomic mass is 32.1. The lowest BCUT2D eigenvalue weighted by Crippen LogP contribution is -2.37. The van der Waals surface area contributed by atoms with Crippen LogP contribution in [0.3, 0.4) is 0 Å². The van der Waals surface area contributed by atoms with Crippen LogP contribution in [0.15, 0.2) is 36.7 Å². The number of fused-ring (bicyclic) bond motifs is 2. The Bertz CT molecular complexity index is 1070. The van der Waals surface area contributed by atoms with Gasteiger partial charge in [0.1, 0.15) is 11.3 Å². The molecule has 0 saturated heterocycles. The Labute approximate surface area is 154 Å². The third-order valence-corrected chi connectivity index (χ3v) is 6.33. The lowest BCUT2D eigenvalue weighted by molar-refractivity contribution is 0.281. The molecule has 0 amide bonds. The first kappa shape index (κ1) is 14.6. The van der Waals surface area contributed by atoms with Gasteiger partial charge in [0.2, 0.25) is 0 Å². The molecule has 1 N–H and O–H groups in total. The number of hydrogen-bond acceptors (Lipinski definition) is 6. The van der Waals surface area contributed by atoms with E-state index in [1.807, 2.05) is 18.3 Å². The lowest BCUT2D eigenvalue weighted by Gasteiger charge is -2.37. The number of aromatic nitrogens is 5. The first-order valence-electron chi connectivity index (χ1n) is 9.16. The number of pyridine rings is 2. The molecule has 26 heavy (non-hydrogen) atoms. The Balaban J connectivity index is 1.24. The highest BCUT2D eigenvalue weighted by Crippen LogP contribution is 2.45. The summed E-state index contributed by atoms with van der Waals surface area (Å²) in [6.07, 6.45) is 8.37. The van der Waals surface area contributed by atoms with E-state index < -0.39 is 0 Å². The van der Waals surface area contributed by atoms with E-state index >= 15 is 0 Å². The van der Waals surface area contributed by atoms with Crippen LogP contribution in [-0.4, -0.2) is 30.5 Å². The van der Waals surface area contributed by atoms with Crippen LogP contribution in [0.25, 0.3) is 21.5 Å². The average molecular weight is 362 g/mol. The highest BCUT2D eigenvalue weighted by molar-refractivity contribution is 7.22. The number of rotatable bonds is 4. The van der Waals surface area contributed by atoms with Crippen molar-refractivity contribution in [2.24, 2.45) is 0 Å². The van der Waals surface area contributed by atoms with Crippen LogP contribution in [0.5, 0.6) is 0 Å². The maximum atomic E-state index is 4.88. The molecular formula is C19H18N6S. The van der Waals surface area contributed by atoms with Crippen LogP contribution in [0, 0.1) is 0 Å². The average Bonchev–Trinajstić information content (AvgIpc) is 3.28. The van der Waals surface area contributed by atoms with E-state index in [-0.39, 0.29) is 0 Å². The minimum atomic E-state index is 0.453. The first-order chi connectivity index (χ1) is 12.8. The molecule has 6 rings (SSSR count). The largest absolute Gasteiger partial charge is 0.359 e. The van der Waals surface area contributed by atoms with Crippen molar-refractivity contribution in [3.63, 3.8) is 0 Å². The standard InChI is InChI=1S/C19H18N6S/c1-3-14-18(21-8-1)25(17(23-14)11-5-6-11)13-9-12(10-13)22-19-24-16-15(26-19)4-2-7-20-16/h1-4,7-8,11-13H,5-6,9-10H2,(H,20,22,24). The zero-order valence-electron chi connectivity index (χ0n) is 14.2. The normalized spacial score (nSPS) is 22.6. The van der Waals surface area contributed by atoms with Crippen molar-refractivity contribution in [1.29, 1.82) is 0 Å². The van der Waals surface area contributed by atoms with Gasteiger partial charge < -0.3 is 9.88 Å². The van der Waals surface area contributed by atoms with Crippen molar-refractivity contribution in [2.75, 3.05) is 5.32 Å². The molecule has 0 aliphatic heterocycles. The van der Waals surface area contributed by atoms with E-state index in [0.717, 1.165) is 39.5 Å². The molecule has 7 heteroatoms. The van der Waals surface area contributed by atoms with Gasteiger partial charge in [-0.25, -0.2) is 19.9 Å². The van der Waals surface area contributed by atoms with Gasteiger partial charge in [-0.3, -0.25) is 0 Å². The third kappa shape index (κ3) is 2.30. The molecule has 0 unspecified atom stereocenters. The second kappa shape index (κ2) is 5.48. The number of anilines is 1. The van der Waals surface area contributed by atoms with Crippen molar-refractivity contribution in [2.45, 2.75) is 43.7 Å². The van der Waals surface area contributed by atoms with Gasteiger partial charge in [-0.05, 0) is 49.9 Å². The molecule has 0 spiro atoms. The minimum Gasteiger partial charge on any atom is -0.359 e. The number of thiazole rings is 1. The van der Waals surface area contributed by atoms with E-state index in [9.17, 15) is 0 Å². The van der Waals surface area contributed by atoms with Crippen molar-refractivity contribution in [3.05, 3.63) is 42.5 Å². The molecule has 2 saturated carbocycles. The van der Waals surface area contributed by atoms with Crippen LogP contribution in [0.1, 0.15) is 43.5 Å². The molecule has 4 aromatic heterocycles. The topological polar surface area (TPSA) is 68.5 Å². The Kier molecular flexibility index (Phi) is 3.08. The summed E-state index contributed by atoms with van der Waals surface area (Å²) in [5.74, 6) is 1.87. The molecule has 2 fully saturated rings. The molecule has 4 heterocycles. The van der Waals surface area contributed by atoms with Gasteiger partial charge in [-0.1, -0.05) is 11.3 Å². The smallest absolute Gasteiger partial charge is 0.185 e. The zero-order valence-corrected chi connectivity index (χ0v) is 15.0. The third-order valence-electron chi connectivity index (χ3n) is 5.39. The lowest BCUT2D eigenvalue weighted by atomic mass is 9.86. The van der Waals surface area contributed by atoms with Gasteiger partial charge in [0.25, 0.3) is 0 Å². The molecule has 130 valence electrons. The summed E-state index contributed by atoms with van der Waals surface area (Å²) in [6, 6.07) is 9.01. The second-order valence-corrected chi connectivity index (χ2v) is 8.30. The van der Waals surface area contributed by atoms with E-state index in [0.29, 0.717) is 18.0 Å². The van der Waals surface area contributed by atoms with E-state index in [1.165, 1.54) is 18.7 Å². The second-order valence-electron chi connectivity index (χ2n) is 7.27. The molecular weight excluding hydrogens is 344 g/mol. The van der Waals surface area contributed by atoms with Crippen molar-refractivity contribution in [3.8, 4) is 0 Å². The van der Waals surface area contributed by atoms with Gasteiger partial charge in [-0.2, -0.15) is 0 Å². The zero-order chi connectivity index (χ0) is 17.1. The van der Waals surface area contributed by atoms with E-state index in [1.54, 1.807) is 17.5 Å². The summed E-state index contributed by atoms with van der Waals surface area (Å²) in [5, 5.41) is 4.56. The molecule has 0 radical (unpaired) electrons. The summed E-state index contributed by atoms with van der Waals surface area (Å²) < 4.78 is 3.54. The first-order valence-corrected chi connectivity index (χ1v) is 9.98. The van der Waals surface area contributed by atoms with Crippen molar-refractivity contribution in [1.82, 2.24) is 24.5 Å². The maximum Gasteiger partial charge on any atom is 0.185 e. The molecule has 0 bridgehead atoms. The summed E-state index contributed by atoms with van der Waals surface area (Å²) in [4.78, 5) is 18.4. The summed E-state index contributed by atoms with van der Waals surface area (Å²) >= 11 is 1.68. The van der Waals surface area contributed by atoms with E-state index in [4.69, 9.17) is 4.98 Å². The number of nitrogens with zero attached hydrogens (tertiary/aromatic N) is 5. The van der Waals surface area contributed by atoms with Crippen LogP contribution < -0.4 is 5.32 Å². The maximum absolute atomic E-state index is 4.88. The predicted octanol–water partition coefficient (Wildman–Crippen LogP) is 4.13. The Morgan fingerprint density at radius 3 is 2.73 bits per heavy atom. The van der Waals surface area contributed by atoms with Gasteiger partial charge in [0.05, 0.1) is 4.70 Å². The number of hydrogen-bond donors (Lipinski definition) is 1. The Hall–Kier alpha value is -2.54. The van der Waals surface area contributed by atoms with Crippen LogP contribution in [-0.2, 0) is 0 Å². The summed E-state index contributed by atoms with van der Waals surface area (Å²) in [5.41, 5.74) is 2.90. The fourth-order valence-corrected chi connectivity index (χ4v) is 4.76. The quantitative estimate of drug-likeness (QED) is 0.591. The highest BCUT2D eigenvalue weighted by Gasteiger charge is 2.37. The van der Waals surface area contributed by atoms with Gasteiger partial charge in [-0.15, -0.1) is 0 Å². The van der Waals surface area contributed by atoms with Gasteiger partial charge in [0, 0.05) is 30.4 Å². The Morgan fingerprint density at radius 2 is 1.88 bits per heavy atom. The fourth-order valence-electron chi connectivity index (χ4n) is 3.86. The molecule has 2 aliphatic carbocycles. The van der Waals surface area contributed by atoms with E-state index in [2.05, 4.69) is 37.0 Å². The number of nitrogens with one attached hydrogen (secondary N) is 1. The summed E-state index contributed by atoms with van der Waals surface area (Å²) in [7, 11) is 0. The Morgan fingerprint density at radius 1 is 1.04 bits per heavy atom. The fraction of sp³-hybridized carbons (Fsp3) is 0.368. The monoisotopic (exact) mass is 362 g/mol. The van der Waals surface area contributed by atoms with Crippen LogP contribution >= 0.6 is 11.3 Å². The van der Waals surface area contributed by atoms with Crippen molar-refractivity contribution < 1.29 is 0 Å². The van der Waals surface area contributed by atoms with Crippen LogP contribution in [0.4, 0.5) is 5.13 Å². The van der Waals surface area contributed by atoms with Crippen LogP contribution in [0.2, 0.25) is 0 Å². The minimum absolute atomic E-state index is 0.453.